The van der Waals surface area contributed by atoms with Crippen LogP contribution in [0.1, 0.15) is 33.4 Å². The molecule has 2 aliphatic rings. The van der Waals surface area contributed by atoms with Crippen molar-refractivity contribution in [3.05, 3.63) is 185 Å². The fraction of sp³-hybridized carbons (Fsp3) is 0.0233. The number of hydrogen-bond donors (Lipinski definition) is 0. The van der Waals surface area contributed by atoms with Crippen LogP contribution in [0.4, 0.5) is 0 Å². The van der Waals surface area contributed by atoms with Crippen molar-refractivity contribution in [1.82, 2.24) is 14.5 Å². The highest BCUT2D eigenvalue weighted by atomic mass is 15.1. The Kier molecular flexibility index (Phi) is 5.20. The van der Waals surface area contributed by atoms with E-state index in [0.29, 0.717) is 0 Å². The van der Waals surface area contributed by atoms with E-state index in [9.17, 15) is 0 Å². The van der Waals surface area contributed by atoms with Crippen LogP contribution in [0.3, 0.4) is 0 Å². The summed E-state index contributed by atoms with van der Waals surface area (Å²) in [6.45, 7) is 0. The number of aromatic nitrogens is 3. The maximum atomic E-state index is 4.68. The first kappa shape index (κ1) is 25.3. The van der Waals surface area contributed by atoms with Crippen LogP contribution in [-0.2, 0) is 5.41 Å². The summed E-state index contributed by atoms with van der Waals surface area (Å²) in [4.78, 5) is 9.18. The van der Waals surface area contributed by atoms with Crippen LogP contribution in [0.5, 0.6) is 0 Å². The van der Waals surface area contributed by atoms with E-state index < -0.39 is 5.41 Å². The molecular weight excluding hydrogens is 558 g/mol. The van der Waals surface area contributed by atoms with E-state index in [1.54, 1.807) is 0 Å². The lowest BCUT2D eigenvalue weighted by atomic mass is 9.66. The lowest BCUT2D eigenvalue weighted by Gasteiger charge is -2.35. The monoisotopic (exact) mass is 585 g/mol. The van der Waals surface area contributed by atoms with Gasteiger partial charge in [0.25, 0.3) is 0 Å². The molecule has 0 saturated heterocycles. The molecule has 0 aliphatic heterocycles. The Morgan fingerprint density at radius 2 is 1.13 bits per heavy atom. The van der Waals surface area contributed by atoms with E-state index >= 15 is 0 Å². The molecule has 0 radical (unpaired) electrons. The molecule has 0 bridgehead atoms. The van der Waals surface area contributed by atoms with Crippen molar-refractivity contribution in [2.24, 2.45) is 0 Å². The molecule has 0 atom stereocenters. The first-order chi connectivity index (χ1) is 22.8. The minimum absolute atomic E-state index is 0.410. The van der Waals surface area contributed by atoms with Gasteiger partial charge < -0.3 is 0 Å². The topological polar surface area (TPSA) is 30.7 Å². The molecule has 46 heavy (non-hydrogen) atoms. The molecular formula is C43H27N3. The van der Waals surface area contributed by atoms with Crippen LogP contribution in [0.2, 0.25) is 0 Å². The van der Waals surface area contributed by atoms with Gasteiger partial charge in [0.1, 0.15) is 5.82 Å². The molecule has 5 aromatic carbocycles. The molecule has 0 N–H and O–H groups in total. The standard InChI is InChI=1S/C43H27N3/c1-4-12-36-28(9-1)16-17-29-10-2-5-13-37(29)43(36)38-14-6-3-11-32(38)33-25-30(18-20-39(33)43)31-19-21-40-34(26-31)35-27-44-24-22-41(35)46(40)42-15-7-8-23-45-42/h1-27H. The van der Waals surface area contributed by atoms with E-state index in [1.165, 1.54) is 61.0 Å². The van der Waals surface area contributed by atoms with Gasteiger partial charge in [-0.1, -0.05) is 109 Å². The third-order valence-electron chi connectivity index (χ3n) is 10.00. The smallest absolute Gasteiger partial charge is 0.137 e. The molecule has 3 heterocycles. The van der Waals surface area contributed by atoms with Crippen LogP contribution in [0.15, 0.2) is 152 Å². The molecule has 0 unspecified atom stereocenters. The Labute approximate surface area is 266 Å². The van der Waals surface area contributed by atoms with E-state index in [2.05, 4.69) is 148 Å². The van der Waals surface area contributed by atoms with Gasteiger partial charge in [-0.15, -0.1) is 0 Å². The number of pyridine rings is 2. The molecule has 3 heteroatoms. The zero-order chi connectivity index (χ0) is 30.2. The summed E-state index contributed by atoms with van der Waals surface area (Å²) in [5.41, 5.74) is 14.6. The predicted molar refractivity (Wildman–Crippen MR) is 188 cm³/mol. The molecule has 0 amide bonds. The van der Waals surface area contributed by atoms with Crippen molar-refractivity contribution in [1.29, 1.82) is 0 Å². The lowest BCUT2D eigenvalue weighted by molar-refractivity contribution is 0.766. The summed E-state index contributed by atoms with van der Waals surface area (Å²) in [5, 5.41) is 2.29. The van der Waals surface area contributed by atoms with Gasteiger partial charge in [0.05, 0.1) is 16.4 Å². The van der Waals surface area contributed by atoms with Gasteiger partial charge in [0.2, 0.25) is 0 Å². The highest BCUT2D eigenvalue weighted by Crippen LogP contribution is 2.58. The first-order valence-corrected chi connectivity index (χ1v) is 15.7. The third-order valence-corrected chi connectivity index (χ3v) is 10.00. The van der Waals surface area contributed by atoms with Crippen molar-refractivity contribution in [3.8, 4) is 28.1 Å². The van der Waals surface area contributed by atoms with Crippen molar-refractivity contribution in [2.45, 2.75) is 5.41 Å². The maximum Gasteiger partial charge on any atom is 0.137 e. The van der Waals surface area contributed by atoms with Gasteiger partial charge in [0.15, 0.2) is 0 Å². The van der Waals surface area contributed by atoms with E-state index in [0.717, 1.165) is 22.2 Å². The Morgan fingerprint density at radius 1 is 0.478 bits per heavy atom. The molecule has 3 nitrogen and oxygen atoms in total. The number of rotatable bonds is 2. The van der Waals surface area contributed by atoms with Gasteiger partial charge in [-0.3, -0.25) is 9.55 Å². The van der Waals surface area contributed by atoms with Crippen LogP contribution in [0.25, 0.3) is 62.0 Å². The molecule has 3 aromatic heterocycles. The highest BCUT2D eigenvalue weighted by Gasteiger charge is 2.48. The number of benzene rings is 5. The summed E-state index contributed by atoms with van der Waals surface area (Å²) in [7, 11) is 0. The Morgan fingerprint density at radius 3 is 1.91 bits per heavy atom. The zero-order valence-electron chi connectivity index (χ0n) is 24.9. The summed E-state index contributed by atoms with van der Waals surface area (Å²) < 4.78 is 2.23. The summed E-state index contributed by atoms with van der Waals surface area (Å²) in [5.74, 6) is 0.902. The Hall–Kier alpha value is -6.06. The van der Waals surface area contributed by atoms with E-state index in [4.69, 9.17) is 0 Å². The molecule has 2 aliphatic carbocycles. The zero-order valence-corrected chi connectivity index (χ0v) is 24.9. The van der Waals surface area contributed by atoms with Crippen LogP contribution in [-0.4, -0.2) is 14.5 Å². The quantitative estimate of drug-likeness (QED) is 0.202. The summed E-state index contributed by atoms with van der Waals surface area (Å²) in [6.07, 6.45) is 10.2. The van der Waals surface area contributed by atoms with Crippen molar-refractivity contribution >= 4 is 34.0 Å². The fourth-order valence-corrected chi connectivity index (χ4v) is 8.11. The highest BCUT2D eigenvalue weighted by molar-refractivity contribution is 6.10. The number of nitrogens with zero attached hydrogens (tertiary/aromatic N) is 3. The van der Waals surface area contributed by atoms with Crippen molar-refractivity contribution < 1.29 is 0 Å². The van der Waals surface area contributed by atoms with Crippen LogP contribution >= 0.6 is 0 Å². The Balaban J connectivity index is 1.22. The minimum Gasteiger partial charge on any atom is -0.294 e. The van der Waals surface area contributed by atoms with Gasteiger partial charge in [-0.2, -0.15) is 0 Å². The Bertz CT molecular complexity index is 2490. The average Bonchev–Trinajstić information content (AvgIpc) is 3.55. The van der Waals surface area contributed by atoms with Gasteiger partial charge in [-0.25, -0.2) is 4.98 Å². The van der Waals surface area contributed by atoms with Gasteiger partial charge in [0, 0.05) is 29.4 Å². The van der Waals surface area contributed by atoms with E-state index in [1.807, 2.05) is 30.7 Å². The molecule has 214 valence electrons. The second-order valence-electron chi connectivity index (χ2n) is 12.2. The fourth-order valence-electron chi connectivity index (χ4n) is 8.11. The molecule has 0 saturated carbocycles. The number of fused-ring (bicyclic) bond motifs is 12. The average molecular weight is 586 g/mol. The second kappa shape index (κ2) is 9.47. The minimum atomic E-state index is -0.410. The molecule has 0 fully saturated rings. The summed E-state index contributed by atoms with van der Waals surface area (Å²) >= 11 is 0. The second-order valence-corrected chi connectivity index (χ2v) is 12.2. The van der Waals surface area contributed by atoms with Gasteiger partial charge >= 0.3 is 0 Å². The van der Waals surface area contributed by atoms with Gasteiger partial charge in [-0.05, 0) is 92.0 Å². The first-order valence-electron chi connectivity index (χ1n) is 15.7. The lowest BCUT2D eigenvalue weighted by Crippen LogP contribution is -2.29. The largest absolute Gasteiger partial charge is 0.294 e. The molecule has 8 aromatic rings. The maximum absolute atomic E-state index is 4.68. The number of hydrogen-bond acceptors (Lipinski definition) is 2. The summed E-state index contributed by atoms with van der Waals surface area (Å²) in [6, 6.07) is 48.8. The molecule has 10 rings (SSSR count). The van der Waals surface area contributed by atoms with Crippen LogP contribution in [0, 0.1) is 0 Å². The molecule has 1 spiro atoms. The van der Waals surface area contributed by atoms with Crippen LogP contribution < -0.4 is 0 Å². The normalized spacial score (nSPS) is 13.7. The van der Waals surface area contributed by atoms with Crippen molar-refractivity contribution in [3.63, 3.8) is 0 Å². The third kappa shape index (κ3) is 3.32. The predicted octanol–water partition coefficient (Wildman–Crippen LogP) is 10.1. The SMILES string of the molecule is C1=Cc2ccccc2C2(c3ccccc31)c1ccccc1-c1cc(-c3ccc4c(c3)c3cnccc3n4-c3ccccn3)ccc12. The van der Waals surface area contributed by atoms with Crippen molar-refractivity contribution in [2.75, 3.05) is 0 Å². The van der Waals surface area contributed by atoms with E-state index in [-0.39, 0.29) is 0 Å².